The van der Waals surface area contributed by atoms with Crippen molar-refractivity contribution in [2.45, 2.75) is 38.3 Å². The number of thioether (sulfide) groups is 1. The Morgan fingerprint density at radius 3 is 2.87 bits per heavy atom. The maximum Gasteiger partial charge on any atom is 0.252 e. The quantitative estimate of drug-likeness (QED) is 0.626. The largest absolute Gasteiger partial charge is 0.348 e. The van der Waals surface area contributed by atoms with E-state index in [1.165, 1.54) is 11.9 Å². The molecule has 0 aliphatic heterocycles. The standard InChI is InChI=1S/C17H22N4OS/c1-13(2)8-9-23-16-7-5-4-6-15(16)17(22)20-14(3)10-21-12-18-11-19-21/h4-8,11-12,14H,9-10H2,1-3H3,(H,20,22)/t14-/m1/s1. The molecule has 0 saturated carbocycles. The number of nitrogens with one attached hydrogen (secondary N) is 1. The Bertz CT molecular complexity index is 663. The van der Waals surface area contributed by atoms with Crippen LogP contribution in [0.1, 0.15) is 31.1 Å². The zero-order valence-corrected chi connectivity index (χ0v) is 14.5. The van der Waals surface area contributed by atoms with Gasteiger partial charge in [0.2, 0.25) is 0 Å². The first-order valence-electron chi connectivity index (χ1n) is 7.54. The summed E-state index contributed by atoms with van der Waals surface area (Å²) >= 11 is 1.67. The first-order valence-corrected chi connectivity index (χ1v) is 8.53. The summed E-state index contributed by atoms with van der Waals surface area (Å²) in [5, 5.41) is 7.07. The molecule has 1 atom stereocenters. The second-order valence-electron chi connectivity index (χ2n) is 5.58. The second-order valence-corrected chi connectivity index (χ2v) is 6.64. The average molecular weight is 330 g/mol. The minimum Gasteiger partial charge on any atom is -0.348 e. The molecule has 1 amide bonds. The minimum absolute atomic E-state index is 0.0277. The van der Waals surface area contributed by atoms with Crippen LogP contribution in [0.15, 0.2) is 53.5 Å². The number of nitrogens with zero attached hydrogens (tertiary/aromatic N) is 3. The van der Waals surface area contributed by atoms with Crippen LogP contribution in [-0.2, 0) is 6.54 Å². The summed E-state index contributed by atoms with van der Waals surface area (Å²) in [5.41, 5.74) is 1.99. The van der Waals surface area contributed by atoms with E-state index in [1.807, 2.05) is 31.2 Å². The molecule has 2 rings (SSSR count). The Balaban J connectivity index is 1.99. The molecule has 1 heterocycles. The average Bonchev–Trinajstić information content (AvgIpc) is 3.00. The van der Waals surface area contributed by atoms with Gasteiger partial charge in [-0.25, -0.2) is 4.98 Å². The molecular weight excluding hydrogens is 308 g/mol. The maximum absolute atomic E-state index is 12.5. The molecule has 6 heteroatoms. The van der Waals surface area contributed by atoms with Crippen molar-refractivity contribution in [2.24, 2.45) is 0 Å². The van der Waals surface area contributed by atoms with Crippen LogP contribution in [0.4, 0.5) is 0 Å². The van der Waals surface area contributed by atoms with Crippen molar-refractivity contribution < 1.29 is 4.79 Å². The Labute approximate surface area is 141 Å². The molecule has 0 bridgehead atoms. The van der Waals surface area contributed by atoms with Crippen LogP contribution in [0.25, 0.3) is 0 Å². The van der Waals surface area contributed by atoms with Crippen LogP contribution >= 0.6 is 11.8 Å². The van der Waals surface area contributed by atoms with E-state index in [9.17, 15) is 4.79 Å². The summed E-state index contributed by atoms with van der Waals surface area (Å²) in [5.74, 6) is 0.805. The highest BCUT2D eigenvalue weighted by Crippen LogP contribution is 2.23. The van der Waals surface area contributed by atoms with E-state index in [1.54, 1.807) is 22.8 Å². The number of carbonyl (C=O) groups excluding carboxylic acids is 1. The molecule has 1 aromatic heterocycles. The topological polar surface area (TPSA) is 59.8 Å². The molecule has 5 nitrogen and oxygen atoms in total. The third kappa shape index (κ3) is 5.56. The molecule has 23 heavy (non-hydrogen) atoms. The van der Waals surface area contributed by atoms with Crippen LogP contribution < -0.4 is 5.32 Å². The predicted molar refractivity (Wildman–Crippen MR) is 93.5 cm³/mol. The first-order chi connectivity index (χ1) is 11.1. The Kier molecular flexibility index (Phi) is 6.40. The fourth-order valence-corrected chi connectivity index (χ4v) is 3.12. The fourth-order valence-electron chi connectivity index (χ4n) is 2.03. The van der Waals surface area contributed by atoms with Crippen molar-refractivity contribution in [1.29, 1.82) is 0 Å². The van der Waals surface area contributed by atoms with Gasteiger partial charge in [0.25, 0.3) is 5.91 Å². The monoisotopic (exact) mass is 330 g/mol. The summed E-state index contributed by atoms with van der Waals surface area (Å²) in [6.45, 7) is 6.70. The molecule has 1 N–H and O–H groups in total. The van der Waals surface area contributed by atoms with Crippen LogP contribution in [0.5, 0.6) is 0 Å². The van der Waals surface area contributed by atoms with E-state index >= 15 is 0 Å². The van der Waals surface area contributed by atoms with Crippen LogP contribution in [0.2, 0.25) is 0 Å². The van der Waals surface area contributed by atoms with E-state index in [-0.39, 0.29) is 11.9 Å². The van der Waals surface area contributed by atoms with E-state index in [0.29, 0.717) is 12.1 Å². The Morgan fingerprint density at radius 1 is 1.39 bits per heavy atom. The van der Waals surface area contributed by atoms with Crippen molar-refractivity contribution >= 4 is 17.7 Å². The molecular formula is C17H22N4OS. The van der Waals surface area contributed by atoms with Gasteiger partial charge in [-0.3, -0.25) is 9.48 Å². The predicted octanol–water partition coefficient (Wildman–Crippen LogP) is 3.15. The van der Waals surface area contributed by atoms with Crippen molar-refractivity contribution in [3.63, 3.8) is 0 Å². The molecule has 0 spiro atoms. The Morgan fingerprint density at radius 2 is 2.17 bits per heavy atom. The summed E-state index contributed by atoms with van der Waals surface area (Å²) in [6, 6.07) is 7.67. The van der Waals surface area contributed by atoms with Crippen molar-refractivity contribution in [2.75, 3.05) is 5.75 Å². The molecule has 0 unspecified atom stereocenters. The molecule has 2 aromatic rings. The van der Waals surface area contributed by atoms with Gasteiger partial charge in [0.05, 0.1) is 12.1 Å². The highest BCUT2D eigenvalue weighted by atomic mass is 32.2. The van der Waals surface area contributed by atoms with Crippen LogP contribution in [0.3, 0.4) is 0 Å². The summed E-state index contributed by atoms with van der Waals surface area (Å²) in [6.07, 6.45) is 5.29. The lowest BCUT2D eigenvalue weighted by Gasteiger charge is -2.15. The van der Waals surface area contributed by atoms with Gasteiger partial charge < -0.3 is 5.32 Å². The van der Waals surface area contributed by atoms with Gasteiger partial charge in [-0.1, -0.05) is 23.8 Å². The number of aromatic nitrogens is 3. The van der Waals surface area contributed by atoms with Gasteiger partial charge in [-0.05, 0) is 32.9 Å². The summed E-state index contributed by atoms with van der Waals surface area (Å²) in [4.78, 5) is 17.4. The van der Waals surface area contributed by atoms with Gasteiger partial charge in [0.1, 0.15) is 12.7 Å². The number of rotatable bonds is 7. The van der Waals surface area contributed by atoms with E-state index in [0.717, 1.165) is 10.6 Å². The second kappa shape index (κ2) is 8.53. The van der Waals surface area contributed by atoms with Crippen LogP contribution in [-0.4, -0.2) is 32.5 Å². The molecule has 122 valence electrons. The third-order valence-electron chi connectivity index (χ3n) is 3.17. The number of benzene rings is 1. The number of amides is 1. The van der Waals surface area contributed by atoms with Gasteiger partial charge in [0, 0.05) is 16.7 Å². The molecule has 0 aliphatic carbocycles. The zero-order chi connectivity index (χ0) is 16.7. The number of carbonyl (C=O) groups is 1. The van der Waals surface area contributed by atoms with E-state index in [4.69, 9.17) is 0 Å². The van der Waals surface area contributed by atoms with Crippen molar-refractivity contribution in [3.05, 3.63) is 54.1 Å². The highest BCUT2D eigenvalue weighted by molar-refractivity contribution is 7.99. The van der Waals surface area contributed by atoms with E-state index in [2.05, 4.69) is 35.3 Å². The number of hydrogen-bond donors (Lipinski definition) is 1. The van der Waals surface area contributed by atoms with Crippen molar-refractivity contribution in [3.8, 4) is 0 Å². The third-order valence-corrected chi connectivity index (χ3v) is 4.17. The Hall–Kier alpha value is -2.08. The molecule has 0 aliphatic rings. The zero-order valence-electron chi connectivity index (χ0n) is 13.7. The number of allylic oxidation sites excluding steroid dienone is 1. The van der Waals surface area contributed by atoms with Gasteiger partial charge in [-0.2, -0.15) is 5.10 Å². The minimum atomic E-state index is -0.0575. The lowest BCUT2D eigenvalue weighted by Crippen LogP contribution is -2.36. The molecule has 0 radical (unpaired) electrons. The smallest absolute Gasteiger partial charge is 0.252 e. The van der Waals surface area contributed by atoms with Crippen LogP contribution in [0, 0.1) is 0 Å². The van der Waals surface area contributed by atoms with Gasteiger partial charge in [0.15, 0.2) is 0 Å². The maximum atomic E-state index is 12.5. The number of hydrogen-bond acceptors (Lipinski definition) is 4. The first kappa shape index (κ1) is 17.3. The van der Waals surface area contributed by atoms with Gasteiger partial charge >= 0.3 is 0 Å². The molecule has 1 aromatic carbocycles. The summed E-state index contributed by atoms with van der Waals surface area (Å²) < 4.78 is 1.71. The fraction of sp³-hybridized carbons (Fsp3) is 0.353. The molecule has 0 fully saturated rings. The lowest BCUT2D eigenvalue weighted by molar-refractivity contribution is 0.0933. The summed E-state index contributed by atoms with van der Waals surface area (Å²) in [7, 11) is 0. The lowest BCUT2D eigenvalue weighted by atomic mass is 10.2. The van der Waals surface area contributed by atoms with Gasteiger partial charge in [-0.15, -0.1) is 11.8 Å². The highest BCUT2D eigenvalue weighted by Gasteiger charge is 2.14. The molecule has 0 saturated heterocycles. The normalized spacial score (nSPS) is 11.8. The van der Waals surface area contributed by atoms with Crippen molar-refractivity contribution in [1.82, 2.24) is 20.1 Å². The SMILES string of the molecule is CC(C)=CCSc1ccccc1C(=O)N[C@H](C)Cn1cncn1. The van der Waals surface area contributed by atoms with E-state index < -0.39 is 0 Å².